The lowest BCUT2D eigenvalue weighted by atomic mass is 9.94. The Labute approximate surface area is 341 Å². The zero-order valence-electron chi connectivity index (χ0n) is 32.1. The molecule has 0 saturated heterocycles. The van der Waals surface area contributed by atoms with Gasteiger partial charge in [0.1, 0.15) is 11.2 Å². The first-order valence-corrected chi connectivity index (χ1v) is 20.2. The van der Waals surface area contributed by atoms with E-state index in [1.165, 1.54) is 54.3 Å². The number of furan rings is 1. The average Bonchev–Trinajstić information content (AvgIpc) is 3.87. The Morgan fingerprint density at radius 2 is 0.915 bits per heavy atom. The summed E-state index contributed by atoms with van der Waals surface area (Å²) < 4.78 is 9.20. The highest BCUT2D eigenvalue weighted by molar-refractivity contribution is 6.28. The number of benzene rings is 10. The lowest BCUT2D eigenvalue weighted by molar-refractivity contribution is 0.670. The fourth-order valence-corrected chi connectivity index (χ4v) is 9.23. The molecule has 0 bridgehead atoms. The van der Waals surface area contributed by atoms with Crippen molar-refractivity contribution in [3.8, 4) is 27.9 Å². The van der Waals surface area contributed by atoms with Crippen LogP contribution < -0.4 is 4.90 Å². The third-order valence-electron chi connectivity index (χ3n) is 12.0. The van der Waals surface area contributed by atoms with E-state index >= 15 is 0 Å². The molecule has 2 heterocycles. The molecule has 10 aromatic carbocycles. The van der Waals surface area contributed by atoms with Crippen LogP contribution in [-0.2, 0) is 0 Å². The lowest BCUT2D eigenvalue weighted by Crippen LogP contribution is -2.10. The van der Waals surface area contributed by atoms with E-state index < -0.39 is 0 Å². The van der Waals surface area contributed by atoms with Gasteiger partial charge in [0.2, 0.25) is 0 Å². The Bertz CT molecular complexity index is 3530. The van der Waals surface area contributed by atoms with Gasteiger partial charge in [0.05, 0.1) is 11.0 Å². The summed E-state index contributed by atoms with van der Waals surface area (Å²) in [6.07, 6.45) is 0. The molecule has 0 amide bonds. The quantitative estimate of drug-likeness (QED) is 0.169. The fourth-order valence-electron chi connectivity index (χ4n) is 9.23. The van der Waals surface area contributed by atoms with E-state index in [1.54, 1.807) is 0 Å². The highest BCUT2D eigenvalue weighted by Gasteiger charge is 2.21. The standard InChI is InChI=1S/C56H36N2O/c1-3-13-37(14-4-1)38-23-28-43(29-24-38)57(45-32-33-49-48-21-11-12-22-51(48)58(52(49)36-45)42-17-5-2-6-18-42)44-30-25-40(26-31-44)50-35-41-16-8-10-20-47(41)55-54-46-19-9-7-15-39(46)27-34-53(54)59-56(50)55/h1-36H. The van der Waals surface area contributed by atoms with Crippen LogP contribution in [0.1, 0.15) is 0 Å². The number of hydrogen-bond acceptors (Lipinski definition) is 2. The van der Waals surface area contributed by atoms with Crippen LogP contribution in [0.15, 0.2) is 223 Å². The number of para-hydroxylation sites is 2. The predicted molar refractivity (Wildman–Crippen MR) is 249 cm³/mol. The molecule has 59 heavy (non-hydrogen) atoms. The molecule has 3 nitrogen and oxygen atoms in total. The first-order chi connectivity index (χ1) is 29.3. The molecule has 0 aliphatic carbocycles. The zero-order valence-corrected chi connectivity index (χ0v) is 32.1. The second-order valence-electron chi connectivity index (χ2n) is 15.3. The second kappa shape index (κ2) is 13.4. The van der Waals surface area contributed by atoms with Gasteiger partial charge in [-0.15, -0.1) is 0 Å². The van der Waals surface area contributed by atoms with Gasteiger partial charge < -0.3 is 13.9 Å². The van der Waals surface area contributed by atoms with Gasteiger partial charge in [0.25, 0.3) is 0 Å². The molecule has 276 valence electrons. The van der Waals surface area contributed by atoms with E-state index in [2.05, 4.69) is 228 Å². The SMILES string of the molecule is c1ccc(-c2ccc(N(c3ccc(-c4cc5ccccc5c5c4oc4ccc6ccccc6c45)cc3)c3ccc4c5ccccc5n(-c5ccccc5)c4c3)cc2)cc1. The number of nitrogens with zero attached hydrogens (tertiary/aromatic N) is 2. The fraction of sp³-hybridized carbons (Fsp3) is 0. The van der Waals surface area contributed by atoms with E-state index in [-0.39, 0.29) is 0 Å². The summed E-state index contributed by atoms with van der Waals surface area (Å²) in [5, 5.41) is 9.60. The van der Waals surface area contributed by atoms with Crippen molar-refractivity contribution in [1.82, 2.24) is 4.57 Å². The Kier molecular flexibility index (Phi) is 7.54. The molecule has 12 aromatic rings. The maximum Gasteiger partial charge on any atom is 0.143 e. The minimum absolute atomic E-state index is 0.904. The van der Waals surface area contributed by atoms with Crippen molar-refractivity contribution in [1.29, 1.82) is 0 Å². The van der Waals surface area contributed by atoms with Gasteiger partial charge in [0.15, 0.2) is 0 Å². The molecule has 0 aliphatic rings. The lowest BCUT2D eigenvalue weighted by Gasteiger charge is -2.26. The molecular weight excluding hydrogens is 717 g/mol. The molecular formula is C56H36N2O. The number of aromatic nitrogens is 1. The topological polar surface area (TPSA) is 21.3 Å². The van der Waals surface area contributed by atoms with Gasteiger partial charge in [-0.25, -0.2) is 0 Å². The minimum atomic E-state index is 0.904. The maximum absolute atomic E-state index is 6.82. The van der Waals surface area contributed by atoms with Crippen LogP contribution in [-0.4, -0.2) is 4.57 Å². The number of anilines is 3. The molecule has 0 fully saturated rings. The van der Waals surface area contributed by atoms with Crippen LogP contribution >= 0.6 is 0 Å². The van der Waals surface area contributed by atoms with Crippen molar-refractivity contribution in [3.63, 3.8) is 0 Å². The van der Waals surface area contributed by atoms with Gasteiger partial charge in [-0.3, -0.25) is 0 Å². The summed E-state index contributed by atoms with van der Waals surface area (Å²) in [6.45, 7) is 0. The molecule has 0 saturated carbocycles. The average molecular weight is 753 g/mol. The summed E-state index contributed by atoms with van der Waals surface area (Å²) in [4.78, 5) is 2.37. The predicted octanol–water partition coefficient (Wildman–Crippen LogP) is 15.8. The van der Waals surface area contributed by atoms with Crippen LogP contribution in [0.2, 0.25) is 0 Å². The van der Waals surface area contributed by atoms with Crippen molar-refractivity contribution in [2.75, 3.05) is 4.90 Å². The van der Waals surface area contributed by atoms with Crippen LogP contribution in [0.5, 0.6) is 0 Å². The van der Waals surface area contributed by atoms with Gasteiger partial charge in [0, 0.05) is 49.9 Å². The van der Waals surface area contributed by atoms with Crippen molar-refractivity contribution < 1.29 is 4.42 Å². The van der Waals surface area contributed by atoms with Gasteiger partial charge in [-0.1, -0.05) is 152 Å². The van der Waals surface area contributed by atoms with Crippen LogP contribution in [0, 0.1) is 0 Å². The molecule has 0 N–H and O–H groups in total. The third-order valence-corrected chi connectivity index (χ3v) is 12.0. The van der Waals surface area contributed by atoms with Crippen molar-refractivity contribution in [2.45, 2.75) is 0 Å². The van der Waals surface area contributed by atoms with E-state index in [4.69, 9.17) is 4.42 Å². The summed E-state index contributed by atoms with van der Waals surface area (Å²) in [5.74, 6) is 0. The minimum Gasteiger partial charge on any atom is -0.455 e. The highest BCUT2D eigenvalue weighted by atomic mass is 16.3. The van der Waals surface area contributed by atoms with Gasteiger partial charge >= 0.3 is 0 Å². The molecule has 2 aromatic heterocycles. The first kappa shape index (κ1) is 33.3. The van der Waals surface area contributed by atoms with E-state index in [0.29, 0.717) is 0 Å². The number of fused-ring (bicyclic) bond motifs is 10. The number of hydrogen-bond donors (Lipinski definition) is 0. The Balaban J connectivity index is 1.04. The van der Waals surface area contributed by atoms with E-state index in [0.717, 1.165) is 55.9 Å². The first-order valence-electron chi connectivity index (χ1n) is 20.2. The summed E-state index contributed by atoms with van der Waals surface area (Å²) in [5.41, 5.74) is 13.1. The largest absolute Gasteiger partial charge is 0.455 e. The highest BCUT2D eigenvalue weighted by Crippen LogP contribution is 2.45. The Morgan fingerprint density at radius 3 is 1.66 bits per heavy atom. The summed E-state index contributed by atoms with van der Waals surface area (Å²) in [6, 6.07) is 78.6. The van der Waals surface area contributed by atoms with Crippen molar-refractivity contribution >= 4 is 82.4 Å². The molecule has 12 rings (SSSR count). The van der Waals surface area contributed by atoms with Crippen LogP contribution in [0.25, 0.3) is 93.2 Å². The smallest absolute Gasteiger partial charge is 0.143 e. The monoisotopic (exact) mass is 752 g/mol. The maximum atomic E-state index is 6.82. The summed E-state index contributed by atoms with van der Waals surface area (Å²) in [7, 11) is 0. The van der Waals surface area contributed by atoms with Crippen LogP contribution in [0.3, 0.4) is 0 Å². The number of rotatable bonds is 6. The van der Waals surface area contributed by atoms with Gasteiger partial charge in [-0.2, -0.15) is 0 Å². The normalized spacial score (nSPS) is 11.7. The molecule has 0 aliphatic heterocycles. The van der Waals surface area contributed by atoms with E-state index in [9.17, 15) is 0 Å². The molecule has 0 spiro atoms. The Hall–Kier alpha value is -7.88. The molecule has 0 atom stereocenters. The third kappa shape index (κ3) is 5.36. The van der Waals surface area contributed by atoms with Crippen molar-refractivity contribution in [3.05, 3.63) is 218 Å². The molecule has 3 heteroatoms. The van der Waals surface area contributed by atoms with Crippen LogP contribution in [0.4, 0.5) is 17.1 Å². The Morgan fingerprint density at radius 1 is 0.356 bits per heavy atom. The second-order valence-corrected chi connectivity index (χ2v) is 15.3. The van der Waals surface area contributed by atoms with Crippen molar-refractivity contribution in [2.24, 2.45) is 0 Å². The van der Waals surface area contributed by atoms with E-state index in [1.807, 2.05) is 0 Å². The molecule has 0 radical (unpaired) electrons. The van der Waals surface area contributed by atoms with Gasteiger partial charge in [-0.05, 0) is 105 Å². The summed E-state index contributed by atoms with van der Waals surface area (Å²) >= 11 is 0. The zero-order chi connectivity index (χ0) is 38.9. The molecule has 0 unspecified atom stereocenters.